The van der Waals surface area contributed by atoms with E-state index in [1.165, 1.54) is 17.5 Å². The van der Waals surface area contributed by atoms with Crippen LogP contribution in [-0.4, -0.2) is 27.8 Å². The van der Waals surface area contributed by atoms with Gasteiger partial charge in [-0.05, 0) is 13.0 Å². The zero-order valence-corrected chi connectivity index (χ0v) is 9.95. The van der Waals surface area contributed by atoms with E-state index in [0.29, 0.717) is 15.1 Å². The Hall–Kier alpha value is -1.66. The van der Waals surface area contributed by atoms with Gasteiger partial charge in [-0.2, -0.15) is 0 Å². The lowest BCUT2D eigenvalue weighted by molar-refractivity contribution is 0.0523. The Morgan fingerprint density at radius 1 is 1.59 bits per heavy atom. The van der Waals surface area contributed by atoms with Crippen LogP contribution in [0.3, 0.4) is 0 Å². The van der Waals surface area contributed by atoms with E-state index in [2.05, 4.69) is 4.98 Å². The summed E-state index contributed by atoms with van der Waals surface area (Å²) in [5.41, 5.74) is 0.0432. The van der Waals surface area contributed by atoms with Gasteiger partial charge in [0.1, 0.15) is 16.1 Å². The third kappa shape index (κ3) is 2.09. The third-order valence-corrected chi connectivity index (χ3v) is 3.26. The summed E-state index contributed by atoms with van der Waals surface area (Å²) in [6, 6.07) is 1.62. The normalized spacial score (nSPS) is 10.7. The highest BCUT2D eigenvalue weighted by Crippen LogP contribution is 2.33. The van der Waals surface area contributed by atoms with Crippen molar-refractivity contribution in [2.75, 3.05) is 6.61 Å². The van der Waals surface area contributed by atoms with E-state index in [4.69, 9.17) is 9.84 Å². The van der Waals surface area contributed by atoms with Crippen LogP contribution >= 0.6 is 11.3 Å². The number of hydrogen-bond donors (Lipinski definition) is 2. The van der Waals surface area contributed by atoms with Crippen molar-refractivity contribution in [3.63, 3.8) is 0 Å². The van der Waals surface area contributed by atoms with Crippen molar-refractivity contribution in [2.24, 2.45) is 0 Å². The molecule has 0 aliphatic rings. The van der Waals surface area contributed by atoms with Crippen LogP contribution in [-0.2, 0) is 11.3 Å². The van der Waals surface area contributed by atoms with Gasteiger partial charge in [0, 0.05) is 11.1 Å². The summed E-state index contributed by atoms with van der Waals surface area (Å²) in [5.74, 6) is -0.749. The number of carbonyl (C=O) groups is 1. The van der Waals surface area contributed by atoms with Crippen molar-refractivity contribution < 1.29 is 19.7 Å². The number of esters is 1. The van der Waals surface area contributed by atoms with Crippen molar-refractivity contribution >= 4 is 27.5 Å². The molecule has 0 atom stereocenters. The summed E-state index contributed by atoms with van der Waals surface area (Å²) >= 11 is 1.27. The molecule has 2 rings (SSSR count). The molecule has 0 aliphatic carbocycles. The first-order valence-electron chi connectivity index (χ1n) is 5.05. The van der Waals surface area contributed by atoms with Crippen LogP contribution in [0.25, 0.3) is 10.2 Å². The van der Waals surface area contributed by atoms with Gasteiger partial charge in [-0.1, -0.05) is 0 Å². The summed E-state index contributed by atoms with van der Waals surface area (Å²) < 4.78 is 4.81. The van der Waals surface area contributed by atoms with Gasteiger partial charge >= 0.3 is 5.97 Å². The Labute approximate surface area is 101 Å². The number of aliphatic hydroxyl groups is 1. The van der Waals surface area contributed by atoms with E-state index in [9.17, 15) is 9.90 Å². The Morgan fingerprint density at radius 2 is 2.35 bits per heavy atom. The molecule has 2 aromatic heterocycles. The maximum atomic E-state index is 11.5. The number of aromatic nitrogens is 1. The molecule has 0 bridgehead atoms. The van der Waals surface area contributed by atoms with Crippen LogP contribution in [0.4, 0.5) is 0 Å². The van der Waals surface area contributed by atoms with Gasteiger partial charge in [0.05, 0.1) is 18.6 Å². The molecule has 0 aliphatic heterocycles. The highest BCUT2D eigenvalue weighted by atomic mass is 32.1. The molecule has 0 saturated carbocycles. The molecule has 0 unspecified atom stereocenters. The Balaban J connectivity index is 2.52. The quantitative estimate of drug-likeness (QED) is 0.813. The summed E-state index contributed by atoms with van der Waals surface area (Å²) in [7, 11) is 0. The lowest BCUT2D eigenvalue weighted by Gasteiger charge is -2.03. The highest BCUT2D eigenvalue weighted by Gasteiger charge is 2.17. The van der Waals surface area contributed by atoms with Crippen LogP contribution in [0.5, 0.6) is 5.75 Å². The number of carbonyl (C=O) groups excluding carboxylic acids is 1. The number of hydrogen-bond acceptors (Lipinski definition) is 6. The number of fused-ring (bicyclic) bond motifs is 1. The second-order valence-electron chi connectivity index (χ2n) is 3.33. The Bertz CT molecular complexity index is 564. The molecule has 0 saturated heterocycles. The lowest BCUT2D eigenvalue weighted by Crippen LogP contribution is -2.05. The number of thiophene rings is 1. The maximum absolute atomic E-state index is 11.5. The minimum absolute atomic E-state index is 0.0432. The molecule has 5 nitrogen and oxygen atoms in total. The standard InChI is InChI=1S/C11H11NO4S/c1-2-16-11(15)8-4-12-10-7(9(8)14)3-6(5-13)17-10/h3-4,13H,2,5H2,1H3,(H,12,14). The molecule has 6 heteroatoms. The predicted molar refractivity (Wildman–Crippen MR) is 63.2 cm³/mol. The Morgan fingerprint density at radius 3 is 3.00 bits per heavy atom. The number of ether oxygens (including phenoxy) is 1. The van der Waals surface area contributed by atoms with Crippen LogP contribution in [0, 0.1) is 0 Å². The second-order valence-corrected chi connectivity index (χ2v) is 4.45. The molecule has 90 valence electrons. The molecule has 2 N–H and O–H groups in total. The van der Waals surface area contributed by atoms with Gasteiger partial charge in [-0.3, -0.25) is 0 Å². The maximum Gasteiger partial charge on any atom is 0.343 e. The van der Waals surface area contributed by atoms with E-state index in [0.717, 1.165) is 0 Å². The second kappa shape index (κ2) is 4.68. The average molecular weight is 253 g/mol. The summed E-state index contributed by atoms with van der Waals surface area (Å²) in [6.07, 6.45) is 1.29. The first-order chi connectivity index (χ1) is 8.17. The zero-order valence-electron chi connectivity index (χ0n) is 9.14. The fourth-order valence-electron chi connectivity index (χ4n) is 1.46. The minimum atomic E-state index is -0.601. The smallest absolute Gasteiger partial charge is 0.343 e. The molecule has 0 radical (unpaired) electrons. The lowest BCUT2D eigenvalue weighted by atomic mass is 10.2. The monoisotopic (exact) mass is 253 g/mol. The van der Waals surface area contributed by atoms with Gasteiger partial charge < -0.3 is 14.9 Å². The van der Waals surface area contributed by atoms with Crippen molar-refractivity contribution in [3.05, 3.63) is 22.7 Å². The average Bonchev–Trinajstić information content (AvgIpc) is 2.73. The Kier molecular flexibility index (Phi) is 3.26. The van der Waals surface area contributed by atoms with Crippen molar-refractivity contribution in [1.29, 1.82) is 0 Å². The first-order valence-corrected chi connectivity index (χ1v) is 5.87. The predicted octanol–water partition coefficient (Wildman–Crippen LogP) is 1.67. The first kappa shape index (κ1) is 11.8. The van der Waals surface area contributed by atoms with E-state index < -0.39 is 5.97 Å². The third-order valence-electron chi connectivity index (χ3n) is 2.24. The van der Waals surface area contributed by atoms with E-state index in [-0.39, 0.29) is 24.5 Å². The number of nitrogens with zero attached hydrogens (tertiary/aromatic N) is 1. The van der Waals surface area contributed by atoms with Crippen molar-refractivity contribution in [2.45, 2.75) is 13.5 Å². The van der Waals surface area contributed by atoms with E-state index in [1.807, 2.05) is 0 Å². The van der Waals surface area contributed by atoms with E-state index >= 15 is 0 Å². The number of aromatic hydroxyl groups is 1. The molecule has 2 heterocycles. The summed E-state index contributed by atoms with van der Waals surface area (Å²) in [6.45, 7) is 1.81. The van der Waals surface area contributed by atoms with Gasteiger partial charge in [0.15, 0.2) is 0 Å². The van der Waals surface area contributed by atoms with Crippen LogP contribution in [0.15, 0.2) is 12.3 Å². The minimum Gasteiger partial charge on any atom is -0.506 e. The molecule has 0 fully saturated rings. The molecular weight excluding hydrogens is 242 g/mol. The summed E-state index contributed by atoms with van der Waals surface area (Å²) in [5, 5.41) is 19.4. The number of pyridine rings is 1. The SMILES string of the molecule is CCOC(=O)c1cnc2sc(CO)cc2c1O. The topological polar surface area (TPSA) is 79.7 Å². The largest absolute Gasteiger partial charge is 0.506 e. The van der Waals surface area contributed by atoms with Crippen molar-refractivity contribution in [1.82, 2.24) is 4.98 Å². The molecule has 2 aromatic rings. The fraction of sp³-hybridized carbons (Fsp3) is 0.273. The van der Waals surface area contributed by atoms with E-state index in [1.54, 1.807) is 13.0 Å². The highest BCUT2D eigenvalue weighted by molar-refractivity contribution is 7.18. The number of aliphatic hydroxyl groups excluding tert-OH is 1. The van der Waals surface area contributed by atoms with Gasteiger partial charge in [-0.25, -0.2) is 9.78 Å². The molecular formula is C11H11NO4S. The van der Waals surface area contributed by atoms with Crippen LogP contribution in [0.1, 0.15) is 22.2 Å². The molecule has 0 aromatic carbocycles. The molecule has 0 spiro atoms. The van der Waals surface area contributed by atoms with Crippen LogP contribution in [0.2, 0.25) is 0 Å². The van der Waals surface area contributed by atoms with Gasteiger partial charge in [-0.15, -0.1) is 11.3 Å². The van der Waals surface area contributed by atoms with Crippen molar-refractivity contribution in [3.8, 4) is 5.75 Å². The fourth-order valence-corrected chi connectivity index (χ4v) is 2.32. The molecule has 0 amide bonds. The van der Waals surface area contributed by atoms with Gasteiger partial charge in [0.2, 0.25) is 0 Å². The van der Waals surface area contributed by atoms with Gasteiger partial charge in [0.25, 0.3) is 0 Å². The summed E-state index contributed by atoms with van der Waals surface area (Å²) in [4.78, 5) is 16.8. The zero-order chi connectivity index (χ0) is 12.4. The number of rotatable bonds is 3. The van der Waals surface area contributed by atoms with Crippen LogP contribution < -0.4 is 0 Å². The molecule has 17 heavy (non-hydrogen) atoms.